The molecule has 114 valence electrons. The third kappa shape index (κ3) is 5.54. The average Bonchev–Trinajstić information content (AvgIpc) is 2.43. The molecular weight excluding hydrogens is 246 g/mol. The summed E-state index contributed by atoms with van der Waals surface area (Å²) in [5.74, 6) is 2.90. The van der Waals surface area contributed by atoms with E-state index in [9.17, 15) is 0 Å². The van der Waals surface area contributed by atoms with Crippen LogP contribution in [0, 0.1) is 11.8 Å². The quantitative estimate of drug-likeness (QED) is 0.719. The molecule has 0 bridgehead atoms. The summed E-state index contributed by atoms with van der Waals surface area (Å²) in [6, 6.07) is 8.54. The molecule has 2 atom stereocenters. The lowest BCUT2D eigenvalue weighted by Gasteiger charge is -2.25. The van der Waals surface area contributed by atoms with Crippen LogP contribution in [0.2, 0.25) is 0 Å². The van der Waals surface area contributed by atoms with Crippen LogP contribution in [0.3, 0.4) is 0 Å². The van der Waals surface area contributed by atoms with E-state index >= 15 is 0 Å². The maximum absolute atomic E-state index is 5.37. The van der Waals surface area contributed by atoms with Gasteiger partial charge in [-0.2, -0.15) is 0 Å². The minimum Gasteiger partial charge on any atom is -0.497 e. The van der Waals surface area contributed by atoms with Crippen molar-refractivity contribution in [3.63, 3.8) is 0 Å². The van der Waals surface area contributed by atoms with Crippen molar-refractivity contribution in [1.29, 1.82) is 0 Å². The zero-order valence-corrected chi connectivity index (χ0v) is 13.8. The molecular formula is C18H31NO. The predicted octanol–water partition coefficient (Wildman–Crippen LogP) is 4.46. The lowest BCUT2D eigenvalue weighted by atomic mass is 9.84. The van der Waals surface area contributed by atoms with Crippen LogP contribution >= 0.6 is 0 Å². The number of nitrogens with one attached hydrogen (secondary N) is 1. The normalized spacial score (nSPS) is 14.3. The molecule has 1 rings (SSSR count). The van der Waals surface area contributed by atoms with Gasteiger partial charge in [-0.25, -0.2) is 0 Å². The minimum absolute atomic E-state index is 0.559. The fourth-order valence-corrected chi connectivity index (χ4v) is 2.70. The summed E-state index contributed by atoms with van der Waals surface area (Å²) < 4.78 is 5.37. The summed E-state index contributed by atoms with van der Waals surface area (Å²) >= 11 is 0. The second-order valence-corrected chi connectivity index (χ2v) is 6.20. The highest BCUT2D eigenvalue weighted by atomic mass is 16.5. The zero-order chi connectivity index (χ0) is 15.0. The van der Waals surface area contributed by atoms with Gasteiger partial charge >= 0.3 is 0 Å². The van der Waals surface area contributed by atoms with Gasteiger partial charge in [-0.1, -0.05) is 52.7 Å². The van der Waals surface area contributed by atoms with Crippen LogP contribution in [0.25, 0.3) is 0 Å². The van der Waals surface area contributed by atoms with Gasteiger partial charge in [0.1, 0.15) is 5.75 Å². The van der Waals surface area contributed by atoms with Gasteiger partial charge in [-0.3, -0.25) is 0 Å². The Bertz CT molecular complexity index is 375. The lowest BCUT2D eigenvalue weighted by Crippen LogP contribution is -2.28. The summed E-state index contributed by atoms with van der Waals surface area (Å²) in [6.07, 6.45) is 2.51. The van der Waals surface area contributed by atoms with E-state index in [1.807, 2.05) is 6.07 Å². The number of ether oxygens (including phenoxy) is 1. The van der Waals surface area contributed by atoms with Crippen molar-refractivity contribution in [1.82, 2.24) is 5.32 Å². The lowest BCUT2D eigenvalue weighted by molar-refractivity contribution is 0.389. The maximum Gasteiger partial charge on any atom is 0.119 e. The third-order valence-electron chi connectivity index (χ3n) is 3.87. The van der Waals surface area contributed by atoms with Gasteiger partial charge in [0.25, 0.3) is 0 Å². The van der Waals surface area contributed by atoms with Crippen molar-refractivity contribution in [2.45, 2.75) is 46.5 Å². The average molecular weight is 277 g/mol. The number of hydrogen-bond donors (Lipinski definition) is 1. The monoisotopic (exact) mass is 277 g/mol. The SMILES string of the molecule is CCCC(C)C(CNCC(C)C)c1cccc(OC)c1. The predicted molar refractivity (Wildman–Crippen MR) is 87.5 cm³/mol. The molecule has 0 radical (unpaired) electrons. The molecule has 0 amide bonds. The van der Waals surface area contributed by atoms with Crippen LogP contribution in [-0.2, 0) is 0 Å². The van der Waals surface area contributed by atoms with E-state index < -0.39 is 0 Å². The number of benzene rings is 1. The molecule has 20 heavy (non-hydrogen) atoms. The highest BCUT2D eigenvalue weighted by molar-refractivity contribution is 5.31. The van der Waals surface area contributed by atoms with Crippen molar-refractivity contribution in [2.75, 3.05) is 20.2 Å². The number of hydrogen-bond acceptors (Lipinski definition) is 2. The Kier molecular flexibility index (Phi) is 7.68. The third-order valence-corrected chi connectivity index (χ3v) is 3.87. The van der Waals surface area contributed by atoms with Gasteiger partial charge in [-0.05, 0) is 42.0 Å². The summed E-state index contributed by atoms with van der Waals surface area (Å²) in [6.45, 7) is 11.3. The van der Waals surface area contributed by atoms with E-state index in [4.69, 9.17) is 4.74 Å². The molecule has 0 aliphatic carbocycles. The van der Waals surface area contributed by atoms with Gasteiger partial charge in [0.2, 0.25) is 0 Å². The molecule has 2 unspecified atom stereocenters. The van der Waals surface area contributed by atoms with Gasteiger partial charge in [0.05, 0.1) is 7.11 Å². The van der Waals surface area contributed by atoms with E-state index in [1.165, 1.54) is 18.4 Å². The molecule has 0 saturated carbocycles. The first-order valence-corrected chi connectivity index (χ1v) is 7.93. The Morgan fingerprint density at radius 1 is 1.15 bits per heavy atom. The van der Waals surface area contributed by atoms with Crippen LogP contribution in [0.4, 0.5) is 0 Å². The molecule has 0 aliphatic heterocycles. The molecule has 1 aromatic carbocycles. The van der Waals surface area contributed by atoms with Crippen molar-refractivity contribution >= 4 is 0 Å². The standard InChI is InChI=1S/C18H31NO/c1-6-8-15(4)18(13-19-12-14(2)3)16-9-7-10-17(11-16)20-5/h7,9-11,14-15,18-19H,6,8,12-13H2,1-5H3. The van der Waals surface area contributed by atoms with E-state index in [0.29, 0.717) is 17.8 Å². The van der Waals surface area contributed by atoms with E-state index in [1.54, 1.807) is 7.11 Å². The van der Waals surface area contributed by atoms with E-state index in [0.717, 1.165) is 18.8 Å². The van der Waals surface area contributed by atoms with Gasteiger partial charge in [0, 0.05) is 6.54 Å². The molecule has 2 nitrogen and oxygen atoms in total. The fraction of sp³-hybridized carbons (Fsp3) is 0.667. The number of rotatable bonds is 9. The Morgan fingerprint density at radius 2 is 1.90 bits per heavy atom. The Balaban J connectivity index is 2.79. The molecule has 0 saturated heterocycles. The zero-order valence-electron chi connectivity index (χ0n) is 13.8. The van der Waals surface area contributed by atoms with Gasteiger partial charge < -0.3 is 10.1 Å². The molecule has 1 aromatic rings. The highest BCUT2D eigenvalue weighted by Crippen LogP contribution is 2.29. The van der Waals surface area contributed by atoms with Crippen molar-refractivity contribution < 1.29 is 4.74 Å². The van der Waals surface area contributed by atoms with Crippen LogP contribution < -0.4 is 10.1 Å². The molecule has 0 fully saturated rings. The van der Waals surface area contributed by atoms with Crippen LogP contribution in [0.15, 0.2) is 24.3 Å². The van der Waals surface area contributed by atoms with E-state index in [2.05, 4.69) is 51.2 Å². The van der Waals surface area contributed by atoms with Gasteiger partial charge in [-0.15, -0.1) is 0 Å². The fourth-order valence-electron chi connectivity index (χ4n) is 2.70. The summed E-state index contributed by atoms with van der Waals surface area (Å²) in [5.41, 5.74) is 1.39. The second-order valence-electron chi connectivity index (χ2n) is 6.20. The summed E-state index contributed by atoms with van der Waals surface area (Å²) in [5, 5.41) is 3.62. The molecule has 0 aliphatic rings. The first kappa shape index (κ1) is 17.0. The van der Waals surface area contributed by atoms with Crippen molar-refractivity contribution in [3.05, 3.63) is 29.8 Å². The smallest absolute Gasteiger partial charge is 0.119 e. The van der Waals surface area contributed by atoms with Crippen molar-refractivity contribution in [2.24, 2.45) is 11.8 Å². The highest BCUT2D eigenvalue weighted by Gasteiger charge is 2.19. The minimum atomic E-state index is 0.559. The Morgan fingerprint density at radius 3 is 2.50 bits per heavy atom. The number of methoxy groups -OCH3 is 1. The summed E-state index contributed by atoms with van der Waals surface area (Å²) in [4.78, 5) is 0. The first-order chi connectivity index (χ1) is 9.58. The van der Waals surface area contributed by atoms with E-state index in [-0.39, 0.29) is 0 Å². The summed E-state index contributed by atoms with van der Waals surface area (Å²) in [7, 11) is 1.74. The molecule has 2 heteroatoms. The van der Waals surface area contributed by atoms with Crippen LogP contribution in [-0.4, -0.2) is 20.2 Å². The molecule has 1 N–H and O–H groups in total. The van der Waals surface area contributed by atoms with Crippen LogP contribution in [0.5, 0.6) is 5.75 Å². The molecule has 0 aromatic heterocycles. The largest absolute Gasteiger partial charge is 0.497 e. The Hall–Kier alpha value is -1.02. The molecule has 0 spiro atoms. The topological polar surface area (TPSA) is 21.3 Å². The second kappa shape index (κ2) is 9.02. The van der Waals surface area contributed by atoms with Gasteiger partial charge in [0.15, 0.2) is 0 Å². The van der Waals surface area contributed by atoms with Crippen molar-refractivity contribution in [3.8, 4) is 5.75 Å². The first-order valence-electron chi connectivity index (χ1n) is 7.93. The molecule has 0 heterocycles. The maximum atomic E-state index is 5.37. The van der Waals surface area contributed by atoms with Crippen LogP contribution in [0.1, 0.15) is 52.0 Å². The Labute approximate surface area is 124 Å².